The molecule has 1 heterocycles. The van der Waals surface area contributed by atoms with E-state index in [2.05, 4.69) is 19.9 Å². The Bertz CT molecular complexity index is 1020. The van der Waals surface area contributed by atoms with Crippen LogP contribution in [0.1, 0.15) is 25.8 Å². The number of amides is 1. The van der Waals surface area contributed by atoms with Crippen molar-refractivity contribution in [1.29, 1.82) is 0 Å². The minimum absolute atomic E-state index is 0.0402. The van der Waals surface area contributed by atoms with E-state index >= 15 is 0 Å². The van der Waals surface area contributed by atoms with E-state index in [1.807, 2.05) is 51.2 Å². The van der Waals surface area contributed by atoms with E-state index in [0.717, 1.165) is 12.1 Å². The van der Waals surface area contributed by atoms with Crippen LogP contribution in [0.3, 0.4) is 0 Å². The smallest absolute Gasteiger partial charge is 0.263 e. The number of anilines is 1. The van der Waals surface area contributed by atoms with Crippen molar-refractivity contribution in [2.45, 2.75) is 31.2 Å². The highest BCUT2D eigenvalue weighted by atomic mass is 32.2. The molecule has 3 rings (SSSR count). The van der Waals surface area contributed by atoms with Crippen molar-refractivity contribution in [3.05, 3.63) is 60.2 Å². The van der Waals surface area contributed by atoms with Crippen LogP contribution in [0, 0.1) is 5.92 Å². The fraction of sp³-hybridized carbons (Fsp3) is 0.364. The summed E-state index contributed by atoms with van der Waals surface area (Å²) < 4.78 is 27.2. The number of amidine groups is 1. The summed E-state index contributed by atoms with van der Waals surface area (Å²) in [5, 5.41) is 2.95. The lowest BCUT2D eigenvalue weighted by Gasteiger charge is -2.22. The summed E-state index contributed by atoms with van der Waals surface area (Å²) in [4.78, 5) is 19.7. The van der Waals surface area contributed by atoms with Gasteiger partial charge in [0.1, 0.15) is 11.9 Å². The Kier molecular flexibility index (Phi) is 6.77. The second-order valence-electron chi connectivity index (χ2n) is 7.46. The number of hydrogen-bond acceptors (Lipinski definition) is 5. The minimum Gasteiger partial charge on any atom is -0.373 e. The van der Waals surface area contributed by atoms with E-state index in [1.54, 1.807) is 18.2 Å². The predicted molar refractivity (Wildman–Crippen MR) is 119 cm³/mol. The fourth-order valence-electron chi connectivity index (χ4n) is 3.30. The molecule has 7 nitrogen and oxygen atoms in total. The Morgan fingerprint density at radius 2 is 1.80 bits per heavy atom. The summed E-state index contributed by atoms with van der Waals surface area (Å²) in [6, 6.07) is 15.9. The molecule has 0 aliphatic carbocycles. The van der Waals surface area contributed by atoms with Crippen LogP contribution in [0.2, 0.25) is 0 Å². The van der Waals surface area contributed by atoms with E-state index in [0.29, 0.717) is 18.7 Å². The summed E-state index contributed by atoms with van der Waals surface area (Å²) in [6.45, 7) is 5.04. The molecule has 0 spiro atoms. The van der Waals surface area contributed by atoms with Crippen LogP contribution in [0.25, 0.3) is 0 Å². The monoisotopic (exact) mass is 428 g/mol. The summed E-state index contributed by atoms with van der Waals surface area (Å²) in [5.74, 6) is -0.0176. The highest BCUT2D eigenvalue weighted by Gasteiger charge is 2.33. The molecule has 2 N–H and O–H groups in total. The second kappa shape index (κ2) is 9.30. The van der Waals surface area contributed by atoms with E-state index in [9.17, 15) is 13.2 Å². The van der Waals surface area contributed by atoms with Gasteiger partial charge in [0.2, 0.25) is 5.91 Å². The van der Waals surface area contributed by atoms with Gasteiger partial charge < -0.3 is 10.2 Å². The van der Waals surface area contributed by atoms with Gasteiger partial charge in [-0.05, 0) is 30.2 Å². The summed E-state index contributed by atoms with van der Waals surface area (Å²) in [6.07, 6.45) is 0.743. The molecule has 0 radical (unpaired) electrons. The Morgan fingerprint density at radius 1 is 1.13 bits per heavy atom. The SMILES string of the molecule is CC[C@H](C)[C@H](N=C1NS(=O)(=O)c2ccccc21)C(=O)NCCN(C)c1ccccc1. The number of sulfonamides is 1. The minimum atomic E-state index is -3.64. The van der Waals surface area contributed by atoms with Gasteiger partial charge in [-0.3, -0.25) is 14.5 Å². The number of nitrogens with one attached hydrogen (secondary N) is 2. The molecule has 0 saturated carbocycles. The Labute approximate surface area is 178 Å². The maximum atomic E-state index is 12.9. The third-order valence-corrected chi connectivity index (χ3v) is 6.72. The molecule has 0 bridgehead atoms. The summed E-state index contributed by atoms with van der Waals surface area (Å²) >= 11 is 0. The first-order valence-corrected chi connectivity index (χ1v) is 11.6. The maximum absolute atomic E-state index is 12.9. The maximum Gasteiger partial charge on any atom is 0.263 e. The molecular weight excluding hydrogens is 400 g/mol. The van der Waals surface area contributed by atoms with Gasteiger partial charge in [-0.2, -0.15) is 0 Å². The number of benzene rings is 2. The van der Waals surface area contributed by atoms with Crippen LogP contribution in [-0.2, 0) is 14.8 Å². The molecule has 1 aliphatic heterocycles. The van der Waals surface area contributed by atoms with Crippen molar-refractivity contribution in [3.63, 3.8) is 0 Å². The van der Waals surface area contributed by atoms with E-state index in [4.69, 9.17) is 0 Å². The number of likely N-dealkylation sites (N-methyl/N-ethyl adjacent to an activating group) is 1. The fourth-order valence-corrected chi connectivity index (χ4v) is 4.54. The highest BCUT2D eigenvalue weighted by molar-refractivity contribution is 7.90. The lowest BCUT2D eigenvalue weighted by atomic mass is 9.98. The number of para-hydroxylation sites is 1. The lowest BCUT2D eigenvalue weighted by Crippen LogP contribution is -2.42. The van der Waals surface area contributed by atoms with Crippen LogP contribution in [0.5, 0.6) is 0 Å². The third-order valence-electron chi connectivity index (χ3n) is 5.33. The number of rotatable bonds is 8. The molecule has 8 heteroatoms. The standard InChI is InChI=1S/C22H28N4O3S/c1-4-16(2)20(22(27)23-14-15-26(3)17-10-6-5-7-11-17)24-21-18-12-8-9-13-19(18)30(28,29)25-21/h5-13,16,20H,4,14-15H2,1-3H3,(H,23,27)(H,24,25)/t16-,20-/m0/s1. The van der Waals surface area contributed by atoms with Crippen LogP contribution in [0.4, 0.5) is 5.69 Å². The molecule has 0 aromatic heterocycles. The van der Waals surface area contributed by atoms with Crippen LogP contribution < -0.4 is 14.9 Å². The largest absolute Gasteiger partial charge is 0.373 e. The number of carbonyl (C=O) groups is 1. The normalized spacial score (nSPS) is 17.6. The zero-order valence-electron chi connectivity index (χ0n) is 17.5. The lowest BCUT2D eigenvalue weighted by molar-refractivity contribution is -0.123. The molecule has 1 amide bonds. The molecule has 0 unspecified atom stereocenters. The van der Waals surface area contributed by atoms with Gasteiger partial charge >= 0.3 is 0 Å². The number of aliphatic imine (C=N–C) groups is 1. The first-order valence-electron chi connectivity index (χ1n) is 10.1. The number of hydrogen-bond donors (Lipinski definition) is 2. The van der Waals surface area contributed by atoms with Crippen LogP contribution >= 0.6 is 0 Å². The van der Waals surface area contributed by atoms with E-state index in [-0.39, 0.29) is 22.6 Å². The molecule has 2 aromatic rings. The first-order chi connectivity index (χ1) is 14.3. The second-order valence-corrected chi connectivity index (χ2v) is 9.11. The van der Waals surface area contributed by atoms with Gasteiger partial charge in [0, 0.05) is 31.4 Å². The van der Waals surface area contributed by atoms with Gasteiger partial charge in [-0.15, -0.1) is 0 Å². The molecule has 30 heavy (non-hydrogen) atoms. The van der Waals surface area contributed by atoms with Crippen molar-refractivity contribution in [3.8, 4) is 0 Å². The van der Waals surface area contributed by atoms with Gasteiger partial charge in [0.15, 0.2) is 0 Å². The molecule has 0 fully saturated rings. The van der Waals surface area contributed by atoms with Crippen LogP contribution in [-0.4, -0.2) is 46.3 Å². The highest BCUT2D eigenvalue weighted by Crippen LogP contribution is 2.24. The Balaban J connectivity index is 1.72. The topological polar surface area (TPSA) is 90.9 Å². The average Bonchev–Trinajstić information content (AvgIpc) is 3.02. The van der Waals surface area contributed by atoms with Crippen molar-refractivity contribution >= 4 is 27.5 Å². The zero-order valence-corrected chi connectivity index (χ0v) is 18.3. The van der Waals surface area contributed by atoms with Gasteiger partial charge in [-0.1, -0.05) is 50.6 Å². The van der Waals surface area contributed by atoms with E-state index < -0.39 is 16.1 Å². The van der Waals surface area contributed by atoms with Gasteiger partial charge in [-0.25, -0.2) is 8.42 Å². The quantitative estimate of drug-likeness (QED) is 0.675. The summed E-state index contributed by atoms with van der Waals surface area (Å²) in [7, 11) is -1.67. The van der Waals surface area contributed by atoms with E-state index in [1.165, 1.54) is 6.07 Å². The Hall–Kier alpha value is -2.87. The zero-order chi connectivity index (χ0) is 21.7. The summed E-state index contributed by atoms with van der Waals surface area (Å²) in [5.41, 5.74) is 1.57. The molecule has 2 atom stereocenters. The van der Waals surface area contributed by atoms with Crippen molar-refractivity contribution in [2.24, 2.45) is 10.9 Å². The van der Waals surface area contributed by atoms with Gasteiger partial charge in [0.25, 0.3) is 10.0 Å². The third kappa shape index (κ3) is 4.81. The van der Waals surface area contributed by atoms with Crippen molar-refractivity contribution < 1.29 is 13.2 Å². The first kappa shape index (κ1) is 21.8. The molecular formula is C22H28N4O3S. The van der Waals surface area contributed by atoms with Gasteiger partial charge in [0.05, 0.1) is 4.90 Å². The Morgan fingerprint density at radius 3 is 2.50 bits per heavy atom. The van der Waals surface area contributed by atoms with Crippen molar-refractivity contribution in [2.75, 3.05) is 25.0 Å². The molecule has 2 aromatic carbocycles. The molecule has 1 aliphatic rings. The average molecular weight is 429 g/mol. The number of carbonyl (C=O) groups excluding carboxylic acids is 1. The van der Waals surface area contributed by atoms with Crippen LogP contribution in [0.15, 0.2) is 64.5 Å². The molecule has 160 valence electrons. The van der Waals surface area contributed by atoms with Crippen molar-refractivity contribution in [1.82, 2.24) is 10.0 Å². The number of nitrogens with zero attached hydrogens (tertiary/aromatic N) is 2. The number of fused-ring (bicyclic) bond motifs is 1. The predicted octanol–water partition coefficient (Wildman–Crippen LogP) is 2.39. The molecule has 0 saturated heterocycles.